The Labute approximate surface area is 155 Å². The minimum atomic E-state index is -0.729. The fourth-order valence-electron chi connectivity index (χ4n) is 3.20. The van der Waals surface area contributed by atoms with Crippen molar-refractivity contribution in [1.29, 1.82) is 0 Å². The molecular formula is C17H26N6O2S. The molecule has 0 spiro atoms. The van der Waals surface area contributed by atoms with Crippen LogP contribution >= 0.6 is 0 Å². The lowest BCUT2D eigenvalue weighted by molar-refractivity contribution is 0.413. The minimum absolute atomic E-state index is 0.287. The molecule has 0 amide bonds. The van der Waals surface area contributed by atoms with Crippen LogP contribution in [0.3, 0.4) is 0 Å². The summed E-state index contributed by atoms with van der Waals surface area (Å²) in [4.78, 5) is 8.69. The Morgan fingerprint density at radius 1 is 1.50 bits per heavy atom. The van der Waals surface area contributed by atoms with Gasteiger partial charge in [0.1, 0.15) is 5.82 Å². The summed E-state index contributed by atoms with van der Waals surface area (Å²) in [6, 6.07) is 3.92. The second-order valence-corrected chi connectivity index (χ2v) is 8.31. The van der Waals surface area contributed by atoms with Crippen molar-refractivity contribution in [2.24, 2.45) is 4.99 Å². The highest BCUT2D eigenvalue weighted by atomic mass is 32.2. The zero-order valence-corrected chi connectivity index (χ0v) is 16.0. The number of aliphatic imine (C=N–C) groups is 1. The van der Waals surface area contributed by atoms with Gasteiger partial charge < -0.3 is 15.1 Å². The van der Waals surface area contributed by atoms with E-state index in [2.05, 4.69) is 30.8 Å². The van der Waals surface area contributed by atoms with Gasteiger partial charge in [0.05, 0.1) is 12.8 Å². The first-order valence-electron chi connectivity index (χ1n) is 8.99. The third kappa shape index (κ3) is 4.72. The highest BCUT2D eigenvalue weighted by molar-refractivity contribution is 7.85. The summed E-state index contributed by atoms with van der Waals surface area (Å²) in [6.07, 6.45) is 5.74. The van der Waals surface area contributed by atoms with Gasteiger partial charge in [0.25, 0.3) is 0 Å². The normalized spacial score (nSPS) is 22.2. The Balaban J connectivity index is 1.51. The van der Waals surface area contributed by atoms with Crippen molar-refractivity contribution >= 4 is 16.8 Å². The van der Waals surface area contributed by atoms with Crippen LogP contribution in [-0.4, -0.2) is 49.4 Å². The molecule has 142 valence electrons. The molecule has 9 heteroatoms. The van der Waals surface area contributed by atoms with Crippen LogP contribution in [-0.2, 0) is 17.3 Å². The predicted molar refractivity (Wildman–Crippen MR) is 102 cm³/mol. The molecule has 1 aliphatic rings. The standard InChI is InChI=1S/C17H26N6O2S/c1-3-26(24)13-7-4-6-12(10-13)20-17(18-2)19-11-15-21-16(23-22-15)14-8-5-9-25-14/h5,8-9,12-13H,3-4,6-7,10-11H2,1-2H3,(H2,18,19,20)(H,21,22,23). The number of nitrogens with zero attached hydrogens (tertiary/aromatic N) is 3. The highest BCUT2D eigenvalue weighted by Gasteiger charge is 2.26. The third-order valence-electron chi connectivity index (χ3n) is 4.54. The van der Waals surface area contributed by atoms with Crippen LogP contribution in [0.25, 0.3) is 11.6 Å². The third-order valence-corrected chi connectivity index (χ3v) is 6.28. The van der Waals surface area contributed by atoms with Gasteiger partial charge >= 0.3 is 0 Å². The lowest BCUT2D eigenvalue weighted by atomic mass is 9.95. The predicted octanol–water partition coefficient (Wildman–Crippen LogP) is 1.81. The van der Waals surface area contributed by atoms with Crippen LogP contribution in [0.15, 0.2) is 27.8 Å². The van der Waals surface area contributed by atoms with Crippen molar-refractivity contribution < 1.29 is 8.63 Å². The highest BCUT2D eigenvalue weighted by Crippen LogP contribution is 2.23. The largest absolute Gasteiger partial charge is 0.461 e. The van der Waals surface area contributed by atoms with Crippen LogP contribution in [0.2, 0.25) is 0 Å². The van der Waals surface area contributed by atoms with E-state index in [-0.39, 0.29) is 5.25 Å². The van der Waals surface area contributed by atoms with E-state index in [9.17, 15) is 4.21 Å². The first-order chi connectivity index (χ1) is 12.7. The average Bonchev–Trinajstić information content (AvgIpc) is 3.36. The maximum atomic E-state index is 12.1. The molecule has 0 radical (unpaired) electrons. The Morgan fingerprint density at radius 3 is 3.12 bits per heavy atom. The molecule has 26 heavy (non-hydrogen) atoms. The van der Waals surface area contributed by atoms with Crippen molar-refractivity contribution in [2.45, 2.75) is 50.4 Å². The lowest BCUT2D eigenvalue weighted by Crippen LogP contribution is -2.46. The molecule has 0 bridgehead atoms. The van der Waals surface area contributed by atoms with Gasteiger partial charge in [0.2, 0.25) is 5.82 Å². The maximum Gasteiger partial charge on any atom is 0.216 e. The minimum Gasteiger partial charge on any atom is -0.461 e. The number of furan rings is 1. The number of rotatable bonds is 6. The Bertz CT molecular complexity index is 742. The number of guanidine groups is 1. The molecule has 3 rings (SSSR count). The van der Waals surface area contributed by atoms with Gasteiger partial charge in [0.15, 0.2) is 11.7 Å². The molecule has 2 aromatic heterocycles. The Morgan fingerprint density at radius 2 is 2.38 bits per heavy atom. The van der Waals surface area contributed by atoms with Gasteiger partial charge in [-0.25, -0.2) is 4.98 Å². The second kappa shape index (κ2) is 8.98. The molecule has 0 aliphatic heterocycles. The first kappa shape index (κ1) is 18.6. The van der Waals surface area contributed by atoms with Gasteiger partial charge in [-0.1, -0.05) is 13.3 Å². The summed E-state index contributed by atoms with van der Waals surface area (Å²) in [5.74, 6) is 3.31. The van der Waals surface area contributed by atoms with Crippen LogP contribution in [0, 0.1) is 0 Å². The van der Waals surface area contributed by atoms with Gasteiger partial charge in [-0.05, 0) is 31.4 Å². The van der Waals surface area contributed by atoms with E-state index in [1.807, 2.05) is 13.0 Å². The van der Waals surface area contributed by atoms with Crippen molar-refractivity contribution in [2.75, 3.05) is 12.8 Å². The average molecular weight is 379 g/mol. The molecule has 2 heterocycles. The quantitative estimate of drug-likeness (QED) is 0.523. The number of hydrogen-bond acceptors (Lipinski definition) is 5. The summed E-state index contributed by atoms with van der Waals surface area (Å²) in [5.41, 5.74) is 0. The van der Waals surface area contributed by atoms with Gasteiger partial charge in [-0.3, -0.25) is 14.3 Å². The summed E-state index contributed by atoms with van der Waals surface area (Å²) in [5, 5.41) is 14.0. The van der Waals surface area contributed by atoms with Gasteiger partial charge in [-0.15, -0.1) is 5.10 Å². The van der Waals surface area contributed by atoms with Crippen molar-refractivity contribution in [1.82, 2.24) is 25.8 Å². The van der Waals surface area contributed by atoms with E-state index >= 15 is 0 Å². The van der Waals surface area contributed by atoms with E-state index < -0.39 is 10.8 Å². The van der Waals surface area contributed by atoms with Gasteiger partial charge in [-0.2, -0.15) is 0 Å². The van der Waals surface area contributed by atoms with Crippen LogP contribution < -0.4 is 10.6 Å². The molecule has 1 saturated carbocycles. The molecular weight excluding hydrogens is 352 g/mol. The fourth-order valence-corrected chi connectivity index (χ4v) is 4.54. The molecule has 0 aromatic carbocycles. The van der Waals surface area contributed by atoms with E-state index in [4.69, 9.17) is 4.42 Å². The van der Waals surface area contributed by atoms with Crippen LogP contribution in [0.4, 0.5) is 0 Å². The zero-order valence-electron chi connectivity index (χ0n) is 15.2. The van der Waals surface area contributed by atoms with E-state index in [1.54, 1.807) is 19.4 Å². The van der Waals surface area contributed by atoms with Crippen molar-refractivity contribution in [3.05, 3.63) is 24.2 Å². The van der Waals surface area contributed by atoms with Crippen LogP contribution in [0.5, 0.6) is 0 Å². The Hall–Kier alpha value is -2.16. The van der Waals surface area contributed by atoms with E-state index in [0.29, 0.717) is 36.0 Å². The smallest absolute Gasteiger partial charge is 0.216 e. The maximum absolute atomic E-state index is 12.1. The second-order valence-electron chi connectivity index (χ2n) is 6.31. The molecule has 0 saturated heterocycles. The topological polar surface area (TPSA) is 108 Å². The summed E-state index contributed by atoms with van der Waals surface area (Å²) >= 11 is 0. The number of H-pyrrole nitrogens is 1. The summed E-state index contributed by atoms with van der Waals surface area (Å²) in [7, 11) is 1.02. The number of aromatic nitrogens is 3. The zero-order chi connectivity index (χ0) is 18.4. The van der Waals surface area contributed by atoms with E-state index in [0.717, 1.165) is 31.4 Å². The first-order valence-corrected chi connectivity index (χ1v) is 10.4. The van der Waals surface area contributed by atoms with Crippen LogP contribution in [0.1, 0.15) is 38.4 Å². The van der Waals surface area contributed by atoms with Crippen molar-refractivity contribution in [3.8, 4) is 11.6 Å². The molecule has 1 fully saturated rings. The molecule has 2 aromatic rings. The fraction of sp³-hybridized carbons (Fsp3) is 0.588. The SMILES string of the molecule is CCS(=O)C1CCCC(NC(=NC)NCc2nc(-c3ccco3)n[nH]2)C1. The number of nitrogens with one attached hydrogen (secondary N) is 3. The molecule has 3 atom stereocenters. The summed E-state index contributed by atoms with van der Waals surface area (Å²) < 4.78 is 17.4. The van der Waals surface area contributed by atoms with Gasteiger partial charge in [0, 0.05) is 34.9 Å². The molecule has 3 N–H and O–H groups in total. The number of aromatic amines is 1. The Kier molecular flexibility index (Phi) is 6.43. The molecule has 1 aliphatic carbocycles. The molecule has 3 unspecified atom stereocenters. The monoisotopic (exact) mass is 378 g/mol. The summed E-state index contributed by atoms with van der Waals surface area (Å²) in [6.45, 7) is 2.46. The molecule has 8 nitrogen and oxygen atoms in total. The van der Waals surface area contributed by atoms with E-state index in [1.165, 1.54) is 0 Å². The number of hydrogen-bond donors (Lipinski definition) is 3. The lowest BCUT2D eigenvalue weighted by Gasteiger charge is -2.30. The van der Waals surface area contributed by atoms with Crippen molar-refractivity contribution in [3.63, 3.8) is 0 Å².